The van der Waals surface area contributed by atoms with Crippen LogP contribution in [0.25, 0.3) is 0 Å². The highest BCUT2D eigenvalue weighted by atomic mass is 19.1. The molecule has 0 saturated carbocycles. The molecule has 0 unspecified atom stereocenters. The van der Waals surface area contributed by atoms with Gasteiger partial charge in [-0.15, -0.1) is 0 Å². The Balaban J connectivity index is 2.13. The molecule has 0 heterocycles. The molecule has 5 heteroatoms. The molecule has 0 radical (unpaired) electrons. The number of benzene rings is 2. The fourth-order valence-electron chi connectivity index (χ4n) is 2.09. The number of carbonyl (C=O) groups is 1. The maximum absolute atomic E-state index is 13.6. The molecule has 0 aliphatic carbocycles. The van der Waals surface area contributed by atoms with E-state index in [0.29, 0.717) is 12.2 Å². The second-order valence-electron chi connectivity index (χ2n) is 5.35. The summed E-state index contributed by atoms with van der Waals surface area (Å²) in [6.45, 7) is 5.69. The fraction of sp³-hybridized carbons (Fsp3) is 0.278. The SMILES string of the molecule is CC[C@@H](Oc1ccc(C)c(C)c1)C(=O)Nc1c(F)cccc1F. The number of halogens is 2. The molecule has 0 fully saturated rings. The molecule has 2 aromatic rings. The van der Waals surface area contributed by atoms with Gasteiger partial charge < -0.3 is 10.1 Å². The van der Waals surface area contributed by atoms with Crippen molar-refractivity contribution in [3.8, 4) is 5.75 Å². The van der Waals surface area contributed by atoms with E-state index in [-0.39, 0.29) is 0 Å². The minimum absolute atomic E-state index is 0.370. The molecule has 1 amide bonds. The highest BCUT2D eigenvalue weighted by Gasteiger charge is 2.21. The zero-order chi connectivity index (χ0) is 17.0. The Hall–Kier alpha value is -2.43. The van der Waals surface area contributed by atoms with Gasteiger partial charge in [0, 0.05) is 0 Å². The summed E-state index contributed by atoms with van der Waals surface area (Å²) < 4.78 is 32.9. The van der Waals surface area contributed by atoms with Crippen LogP contribution < -0.4 is 10.1 Å². The number of aryl methyl sites for hydroxylation is 2. The van der Waals surface area contributed by atoms with Crippen molar-refractivity contribution in [2.24, 2.45) is 0 Å². The number of amides is 1. The van der Waals surface area contributed by atoms with Crippen molar-refractivity contribution in [2.45, 2.75) is 33.3 Å². The summed E-state index contributed by atoms with van der Waals surface area (Å²) >= 11 is 0. The van der Waals surface area contributed by atoms with Crippen molar-refractivity contribution in [1.82, 2.24) is 0 Å². The van der Waals surface area contributed by atoms with Crippen LogP contribution in [0.3, 0.4) is 0 Å². The second kappa shape index (κ2) is 7.22. The number of rotatable bonds is 5. The van der Waals surface area contributed by atoms with E-state index in [2.05, 4.69) is 5.32 Å². The first kappa shape index (κ1) is 16.9. The normalized spacial score (nSPS) is 11.9. The van der Waals surface area contributed by atoms with Crippen LogP contribution in [0.2, 0.25) is 0 Å². The summed E-state index contributed by atoms with van der Waals surface area (Å²) in [5, 5.41) is 2.26. The van der Waals surface area contributed by atoms with E-state index in [0.717, 1.165) is 23.3 Å². The Labute approximate surface area is 134 Å². The van der Waals surface area contributed by atoms with Crippen LogP contribution in [0.4, 0.5) is 14.5 Å². The van der Waals surface area contributed by atoms with Crippen LogP contribution in [0.15, 0.2) is 36.4 Å². The fourth-order valence-corrected chi connectivity index (χ4v) is 2.09. The van der Waals surface area contributed by atoms with Gasteiger partial charge in [0.05, 0.1) is 0 Å². The maximum Gasteiger partial charge on any atom is 0.265 e. The van der Waals surface area contributed by atoms with E-state index >= 15 is 0 Å². The predicted molar refractivity (Wildman–Crippen MR) is 85.6 cm³/mol. The number of carbonyl (C=O) groups excluding carboxylic acids is 1. The highest BCUT2D eigenvalue weighted by molar-refractivity contribution is 5.94. The molecule has 0 aliphatic rings. The predicted octanol–water partition coefficient (Wildman–Crippen LogP) is 4.38. The second-order valence-corrected chi connectivity index (χ2v) is 5.35. The molecule has 0 saturated heterocycles. The number of hydrogen-bond donors (Lipinski definition) is 1. The standard InChI is InChI=1S/C18H19F2NO2/c1-4-16(23-13-9-8-11(2)12(3)10-13)18(22)21-17-14(19)6-5-7-15(17)20/h5-10,16H,4H2,1-3H3,(H,21,22)/t16-/m1/s1. The van der Waals surface area contributed by atoms with Crippen molar-refractivity contribution < 1.29 is 18.3 Å². The summed E-state index contributed by atoms with van der Waals surface area (Å²) in [4.78, 5) is 12.2. The highest BCUT2D eigenvalue weighted by Crippen LogP contribution is 2.21. The first-order chi connectivity index (χ1) is 10.9. The Bertz CT molecular complexity index is 696. The average molecular weight is 319 g/mol. The van der Waals surface area contributed by atoms with Gasteiger partial charge in [0.15, 0.2) is 6.10 Å². The molecule has 0 aromatic heterocycles. The minimum atomic E-state index is -0.837. The van der Waals surface area contributed by atoms with Gasteiger partial charge in [0.25, 0.3) is 5.91 Å². The Kier molecular flexibility index (Phi) is 5.32. The smallest absolute Gasteiger partial charge is 0.265 e. The Morgan fingerprint density at radius 2 is 1.78 bits per heavy atom. The third kappa shape index (κ3) is 4.06. The third-order valence-corrected chi connectivity index (χ3v) is 3.63. The monoisotopic (exact) mass is 319 g/mol. The summed E-state index contributed by atoms with van der Waals surface area (Å²) in [5.74, 6) is -1.68. The molecule has 2 aromatic carbocycles. The molecular formula is C18H19F2NO2. The third-order valence-electron chi connectivity index (χ3n) is 3.63. The summed E-state index contributed by atoms with van der Waals surface area (Å²) in [6, 6.07) is 8.90. The molecule has 3 nitrogen and oxygen atoms in total. The van der Waals surface area contributed by atoms with Crippen molar-refractivity contribution in [3.05, 3.63) is 59.2 Å². The maximum atomic E-state index is 13.6. The van der Waals surface area contributed by atoms with Crippen LogP contribution >= 0.6 is 0 Å². The van der Waals surface area contributed by atoms with Gasteiger partial charge in [-0.2, -0.15) is 0 Å². The van der Waals surface area contributed by atoms with Gasteiger partial charge in [-0.05, 0) is 55.7 Å². The molecule has 122 valence electrons. The van der Waals surface area contributed by atoms with E-state index in [1.807, 2.05) is 26.0 Å². The van der Waals surface area contributed by atoms with Crippen molar-refractivity contribution in [3.63, 3.8) is 0 Å². The summed E-state index contributed by atoms with van der Waals surface area (Å²) in [5.41, 5.74) is 1.70. The summed E-state index contributed by atoms with van der Waals surface area (Å²) in [6.07, 6.45) is -0.467. The van der Waals surface area contributed by atoms with E-state index < -0.39 is 29.3 Å². The zero-order valence-electron chi connectivity index (χ0n) is 13.3. The van der Waals surface area contributed by atoms with Crippen molar-refractivity contribution >= 4 is 11.6 Å². The van der Waals surface area contributed by atoms with E-state index in [9.17, 15) is 13.6 Å². The van der Waals surface area contributed by atoms with E-state index in [1.165, 1.54) is 6.07 Å². The Morgan fingerprint density at radius 3 is 2.35 bits per heavy atom. The van der Waals surface area contributed by atoms with Crippen LogP contribution in [0, 0.1) is 25.5 Å². The first-order valence-electron chi connectivity index (χ1n) is 7.41. The lowest BCUT2D eigenvalue weighted by atomic mass is 10.1. The lowest BCUT2D eigenvalue weighted by Crippen LogP contribution is -2.33. The largest absolute Gasteiger partial charge is 0.481 e. The van der Waals surface area contributed by atoms with Crippen molar-refractivity contribution in [1.29, 1.82) is 0 Å². The lowest BCUT2D eigenvalue weighted by Gasteiger charge is -2.18. The van der Waals surface area contributed by atoms with Crippen LogP contribution in [0.5, 0.6) is 5.75 Å². The van der Waals surface area contributed by atoms with E-state index in [1.54, 1.807) is 13.0 Å². The minimum Gasteiger partial charge on any atom is -0.481 e. The molecule has 0 bridgehead atoms. The number of para-hydroxylation sites is 1. The molecular weight excluding hydrogens is 300 g/mol. The molecule has 0 aliphatic heterocycles. The van der Waals surface area contributed by atoms with Gasteiger partial charge in [-0.1, -0.05) is 19.1 Å². The number of anilines is 1. The molecule has 0 spiro atoms. The van der Waals surface area contributed by atoms with Gasteiger partial charge in [0.2, 0.25) is 0 Å². The molecule has 2 rings (SSSR count). The van der Waals surface area contributed by atoms with Gasteiger partial charge in [0.1, 0.15) is 23.1 Å². The average Bonchev–Trinajstić information content (AvgIpc) is 2.52. The number of hydrogen-bond acceptors (Lipinski definition) is 2. The number of ether oxygens (including phenoxy) is 1. The van der Waals surface area contributed by atoms with Crippen LogP contribution in [0.1, 0.15) is 24.5 Å². The Morgan fingerprint density at radius 1 is 1.13 bits per heavy atom. The molecule has 23 heavy (non-hydrogen) atoms. The lowest BCUT2D eigenvalue weighted by molar-refractivity contribution is -0.122. The molecule has 1 atom stereocenters. The number of nitrogens with one attached hydrogen (secondary N) is 1. The zero-order valence-corrected chi connectivity index (χ0v) is 13.3. The molecule has 1 N–H and O–H groups in total. The van der Waals surface area contributed by atoms with Crippen LogP contribution in [-0.2, 0) is 4.79 Å². The van der Waals surface area contributed by atoms with Gasteiger partial charge in [-0.3, -0.25) is 4.79 Å². The van der Waals surface area contributed by atoms with Gasteiger partial charge >= 0.3 is 0 Å². The van der Waals surface area contributed by atoms with Gasteiger partial charge in [-0.25, -0.2) is 8.78 Å². The van der Waals surface area contributed by atoms with Crippen molar-refractivity contribution in [2.75, 3.05) is 5.32 Å². The summed E-state index contributed by atoms with van der Waals surface area (Å²) in [7, 11) is 0. The quantitative estimate of drug-likeness (QED) is 0.888. The topological polar surface area (TPSA) is 38.3 Å². The van der Waals surface area contributed by atoms with E-state index in [4.69, 9.17) is 4.74 Å². The van der Waals surface area contributed by atoms with Crippen LogP contribution in [-0.4, -0.2) is 12.0 Å². The first-order valence-corrected chi connectivity index (χ1v) is 7.41.